The third kappa shape index (κ3) is 3.18. The van der Waals surface area contributed by atoms with E-state index in [1.54, 1.807) is 0 Å². The second-order valence-electron chi connectivity index (χ2n) is 3.39. The van der Waals surface area contributed by atoms with E-state index in [0.29, 0.717) is 0 Å². The molecular weight excluding hydrogens is 174 g/mol. The number of hydrogen-bond acceptors (Lipinski definition) is 2. The van der Waals surface area contributed by atoms with Gasteiger partial charge in [-0.3, -0.25) is 5.41 Å². The van der Waals surface area contributed by atoms with Gasteiger partial charge in [-0.15, -0.1) is 0 Å². The average molecular weight is 191 g/mol. The summed E-state index contributed by atoms with van der Waals surface area (Å²) in [5, 5.41) is 10.2. The molecule has 3 nitrogen and oxygen atoms in total. The van der Waals surface area contributed by atoms with Gasteiger partial charge in [-0.05, 0) is 18.2 Å². The van der Waals surface area contributed by atoms with Gasteiger partial charge in [-0.25, -0.2) is 0 Å². The first-order valence-corrected chi connectivity index (χ1v) is 4.69. The van der Waals surface area contributed by atoms with E-state index in [4.69, 9.17) is 5.41 Å². The van der Waals surface area contributed by atoms with Crippen LogP contribution in [0.5, 0.6) is 0 Å². The Morgan fingerprint density at radius 1 is 1.29 bits per heavy atom. The van der Waals surface area contributed by atoms with Gasteiger partial charge in [0.2, 0.25) is 0 Å². The summed E-state index contributed by atoms with van der Waals surface area (Å²) in [5.41, 5.74) is 2.52. The first kappa shape index (κ1) is 10.7. The van der Waals surface area contributed by atoms with Crippen LogP contribution in [0.25, 0.3) is 0 Å². The van der Waals surface area contributed by atoms with Crippen molar-refractivity contribution in [3.05, 3.63) is 35.4 Å². The van der Waals surface area contributed by atoms with Crippen LogP contribution >= 0.6 is 0 Å². The van der Waals surface area contributed by atoms with Crippen LogP contribution in [0.15, 0.2) is 24.3 Å². The van der Waals surface area contributed by atoms with E-state index in [0.717, 1.165) is 13.1 Å². The average Bonchev–Trinajstić information content (AvgIpc) is 2.21. The Bertz CT molecular complexity index is 279. The van der Waals surface area contributed by atoms with Crippen molar-refractivity contribution in [2.75, 3.05) is 14.1 Å². The molecule has 76 valence electrons. The zero-order chi connectivity index (χ0) is 10.4. The lowest BCUT2D eigenvalue weighted by molar-refractivity contribution is 0.513. The van der Waals surface area contributed by atoms with Gasteiger partial charge >= 0.3 is 0 Å². The number of hydrogen-bond donors (Lipinski definition) is 2. The minimum atomic E-state index is 0.795. The van der Waals surface area contributed by atoms with Crippen LogP contribution in [-0.2, 0) is 13.1 Å². The minimum Gasteiger partial charge on any atom is -0.362 e. The molecule has 14 heavy (non-hydrogen) atoms. The molecule has 0 spiro atoms. The Labute approximate surface area is 85.3 Å². The lowest BCUT2D eigenvalue weighted by Crippen LogP contribution is -2.14. The zero-order valence-corrected chi connectivity index (χ0v) is 8.75. The standard InChI is InChI=1S/C11H17N3/c1-13-7-10-3-5-11(6-4-10)8-14(2)9-12/h3-6,9,12-13H,7-8H2,1-2H3. The molecule has 0 saturated carbocycles. The van der Waals surface area contributed by atoms with E-state index in [9.17, 15) is 0 Å². The highest BCUT2D eigenvalue weighted by Gasteiger charge is 1.96. The zero-order valence-electron chi connectivity index (χ0n) is 8.75. The van der Waals surface area contributed by atoms with Gasteiger partial charge in [0, 0.05) is 20.1 Å². The molecule has 3 heteroatoms. The Morgan fingerprint density at radius 2 is 1.86 bits per heavy atom. The summed E-state index contributed by atoms with van der Waals surface area (Å²) in [4.78, 5) is 1.84. The van der Waals surface area contributed by atoms with E-state index < -0.39 is 0 Å². The monoisotopic (exact) mass is 191 g/mol. The highest BCUT2D eigenvalue weighted by Crippen LogP contribution is 2.05. The van der Waals surface area contributed by atoms with Crippen LogP contribution in [-0.4, -0.2) is 25.3 Å². The minimum absolute atomic E-state index is 0.795. The summed E-state index contributed by atoms with van der Waals surface area (Å²) in [7, 11) is 3.84. The third-order valence-electron chi connectivity index (χ3n) is 2.06. The molecule has 0 fully saturated rings. The Balaban J connectivity index is 2.59. The summed E-state index contributed by atoms with van der Waals surface area (Å²) < 4.78 is 0. The maximum absolute atomic E-state index is 7.06. The van der Waals surface area contributed by atoms with Crippen molar-refractivity contribution in [1.29, 1.82) is 5.41 Å². The topological polar surface area (TPSA) is 39.1 Å². The maximum atomic E-state index is 7.06. The Kier molecular flexibility index (Phi) is 4.13. The van der Waals surface area contributed by atoms with Gasteiger partial charge in [0.1, 0.15) is 0 Å². The lowest BCUT2D eigenvalue weighted by Gasteiger charge is -2.12. The van der Waals surface area contributed by atoms with Gasteiger partial charge in [-0.1, -0.05) is 24.3 Å². The highest BCUT2D eigenvalue weighted by atomic mass is 15.1. The van der Waals surface area contributed by atoms with Crippen LogP contribution in [0.4, 0.5) is 0 Å². The van der Waals surface area contributed by atoms with E-state index in [1.165, 1.54) is 17.5 Å². The molecule has 0 saturated heterocycles. The van der Waals surface area contributed by atoms with Gasteiger partial charge in [0.15, 0.2) is 0 Å². The number of rotatable bonds is 5. The van der Waals surface area contributed by atoms with Gasteiger partial charge < -0.3 is 10.2 Å². The van der Waals surface area contributed by atoms with Crippen molar-refractivity contribution >= 4 is 6.34 Å². The molecule has 0 aromatic heterocycles. The fourth-order valence-electron chi connectivity index (χ4n) is 1.30. The predicted molar refractivity (Wildman–Crippen MR) is 59.5 cm³/mol. The van der Waals surface area contributed by atoms with Crippen LogP contribution < -0.4 is 5.32 Å². The normalized spacial score (nSPS) is 9.86. The maximum Gasteiger partial charge on any atom is 0.0817 e. The van der Waals surface area contributed by atoms with Crippen LogP contribution in [0, 0.1) is 5.41 Å². The molecule has 0 aliphatic heterocycles. The van der Waals surface area contributed by atoms with Crippen molar-refractivity contribution in [2.45, 2.75) is 13.1 Å². The SMILES string of the molecule is CNCc1ccc(CN(C)C=N)cc1. The molecular formula is C11H17N3. The molecule has 1 aromatic carbocycles. The van der Waals surface area contributed by atoms with E-state index in [2.05, 4.69) is 29.6 Å². The second-order valence-corrected chi connectivity index (χ2v) is 3.39. The summed E-state index contributed by atoms with van der Waals surface area (Å²) in [6, 6.07) is 8.44. The fraction of sp³-hybridized carbons (Fsp3) is 0.364. The van der Waals surface area contributed by atoms with Crippen LogP contribution in [0.3, 0.4) is 0 Å². The van der Waals surface area contributed by atoms with E-state index in [1.807, 2.05) is 19.0 Å². The summed E-state index contributed by atoms with van der Waals surface area (Å²) in [6.07, 6.45) is 1.33. The van der Waals surface area contributed by atoms with Crippen molar-refractivity contribution in [2.24, 2.45) is 0 Å². The molecule has 0 heterocycles. The first-order chi connectivity index (χ1) is 6.76. The molecule has 1 aromatic rings. The van der Waals surface area contributed by atoms with Crippen molar-refractivity contribution in [1.82, 2.24) is 10.2 Å². The van der Waals surface area contributed by atoms with Crippen molar-refractivity contribution in [3.63, 3.8) is 0 Å². The predicted octanol–water partition coefficient (Wildman–Crippen LogP) is 1.44. The van der Waals surface area contributed by atoms with Crippen LogP contribution in [0.1, 0.15) is 11.1 Å². The molecule has 0 unspecified atom stereocenters. The lowest BCUT2D eigenvalue weighted by atomic mass is 10.1. The van der Waals surface area contributed by atoms with Crippen LogP contribution in [0.2, 0.25) is 0 Å². The third-order valence-corrected chi connectivity index (χ3v) is 2.06. The second kappa shape index (κ2) is 5.40. The summed E-state index contributed by atoms with van der Waals surface area (Å²) >= 11 is 0. The summed E-state index contributed by atoms with van der Waals surface area (Å²) in [6.45, 7) is 1.70. The van der Waals surface area contributed by atoms with Crippen molar-refractivity contribution in [3.8, 4) is 0 Å². The largest absolute Gasteiger partial charge is 0.362 e. The van der Waals surface area contributed by atoms with Gasteiger partial charge in [0.25, 0.3) is 0 Å². The first-order valence-electron chi connectivity index (χ1n) is 4.69. The molecule has 2 N–H and O–H groups in total. The molecule has 0 aliphatic carbocycles. The number of nitrogens with zero attached hydrogens (tertiary/aromatic N) is 1. The van der Waals surface area contributed by atoms with Gasteiger partial charge in [-0.2, -0.15) is 0 Å². The highest BCUT2D eigenvalue weighted by molar-refractivity contribution is 5.50. The molecule has 1 rings (SSSR count). The molecule has 0 aliphatic rings. The van der Waals surface area contributed by atoms with E-state index in [-0.39, 0.29) is 0 Å². The van der Waals surface area contributed by atoms with Gasteiger partial charge in [0.05, 0.1) is 6.34 Å². The Morgan fingerprint density at radius 3 is 2.36 bits per heavy atom. The molecule has 0 bridgehead atoms. The van der Waals surface area contributed by atoms with Crippen molar-refractivity contribution < 1.29 is 0 Å². The summed E-state index contributed by atoms with van der Waals surface area (Å²) in [5.74, 6) is 0. The van der Waals surface area contributed by atoms with E-state index >= 15 is 0 Å². The number of benzene rings is 1. The molecule has 0 radical (unpaired) electrons. The fourth-order valence-corrected chi connectivity index (χ4v) is 1.30. The smallest absolute Gasteiger partial charge is 0.0817 e. The molecule has 0 atom stereocenters. The quantitative estimate of drug-likeness (QED) is 0.546. The Hall–Kier alpha value is -1.35. The number of nitrogens with one attached hydrogen (secondary N) is 2. The molecule has 0 amide bonds.